The number of aromatic nitrogens is 1. The topological polar surface area (TPSA) is 42.1 Å². The van der Waals surface area contributed by atoms with Crippen molar-refractivity contribution in [2.24, 2.45) is 11.7 Å². The van der Waals surface area contributed by atoms with Gasteiger partial charge in [0, 0.05) is 24.8 Å². The van der Waals surface area contributed by atoms with Crippen LogP contribution in [0.4, 0.5) is 5.82 Å². The maximum absolute atomic E-state index is 5.83. The minimum absolute atomic E-state index is 0.447. The van der Waals surface area contributed by atoms with Crippen molar-refractivity contribution in [3.8, 4) is 0 Å². The van der Waals surface area contributed by atoms with Gasteiger partial charge in [-0.2, -0.15) is 0 Å². The van der Waals surface area contributed by atoms with Crippen LogP contribution in [0.3, 0.4) is 0 Å². The van der Waals surface area contributed by atoms with E-state index in [1.165, 1.54) is 18.4 Å². The molecule has 0 aliphatic carbocycles. The number of anilines is 1. The highest BCUT2D eigenvalue weighted by Crippen LogP contribution is 2.29. The molecular formula is C16H27N3. The van der Waals surface area contributed by atoms with Gasteiger partial charge in [0.1, 0.15) is 5.82 Å². The third-order valence-electron chi connectivity index (χ3n) is 4.39. The first-order chi connectivity index (χ1) is 9.02. The van der Waals surface area contributed by atoms with Crippen LogP contribution in [0.1, 0.15) is 57.7 Å². The van der Waals surface area contributed by atoms with E-state index in [2.05, 4.69) is 44.7 Å². The molecule has 3 nitrogen and oxygen atoms in total. The van der Waals surface area contributed by atoms with E-state index < -0.39 is 0 Å². The summed E-state index contributed by atoms with van der Waals surface area (Å²) in [7, 11) is 0. The highest BCUT2D eigenvalue weighted by molar-refractivity contribution is 5.45. The van der Waals surface area contributed by atoms with Gasteiger partial charge in [0.05, 0.1) is 0 Å². The fourth-order valence-electron chi connectivity index (χ4n) is 2.81. The fourth-order valence-corrected chi connectivity index (χ4v) is 2.81. The van der Waals surface area contributed by atoms with Gasteiger partial charge in [-0.15, -0.1) is 0 Å². The molecule has 0 bridgehead atoms. The van der Waals surface area contributed by atoms with Gasteiger partial charge >= 0.3 is 0 Å². The lowest BCUT2D eigenvalue weighted by molar-refractivity contribution is 0.361. The largest absolute Gasteiger partial charge is 0.354 e. The van der Waals surface area contributed by atoms with E-state index in [9.17, 15) is 0 Å². The zero-order valence-electron chi connectivity index (χ0n) is 12.7. The van der Waals surface area contributed by atoms with Gasteiger partial charge in [-0.3, -0.25) is 0 Å². The van der Waals surface area contributed by atoms with Crippen LogP contribution in [0.2, 0.25) is 0 Å². The highest BCUT2D eigenvalue weighted by atomic mass is 15.2. The van der Waals surface area contributed by atoms with Crippen molar-refractivity contribution in [1.82, 2.24) is 4.98 Å². The molecule has 1 aromatic heterocycles. The summed E-state index contributed by atoms with van der Waals surface area (Å²) in [6, 6.07) is 4.88. The van der Waals surface area contributed by atoms with Crippen molar-refractivity contribution in [2.75, 3.05) is 11.4 Å². The molecule has 0 saturated carbocycles. The second kappa shape index (κ2) is 5.91. The first-order valence-corrected chi connectivity index (χ1v) is 7.50. The summed E-state index contributed by atoms with van der Waals surface area (Å²) in [6.07, 6.45) is 2.59. The van der Waals surface area contributed by atoms with Crippen LogP contribution in [0, 0.1) is 5.92 Å². The lowest BCUT2D eigenvalue weighted by atomic mass is 9.92. The first-order valence-electron chi connectivity index (χ1n) is 7.50. The number of rotatable bonds is 3. The molecule has 19 heavy (non-hydrogen) atoms. The lowest BCUT2D eigenvalue weighted by Crippen LogP contribution is -2.43. The number of nitrogens with two attached hydrogens (primary N) is 1. The molecule has 0 aromatic carbocycles. The Labute approximate surface area is 117 Å². The molecule has 2 N–H and O–H groups in total. The number of piperidine rings is 1. The van der Waals surface area contributed by atoms with Crippen LogP contribution in [0.15, 0.2) is 12.1 Å². The summed E-state index contributed by atoms with van der Waals surface area (Å²) in [5.41, 5.74) is 8.18. The molecule has 2 unspecified atom stereocenters. The normalized spacial score (nSPS) is 24.0. The molecule has 0 spiro atoms. The maximum Gasteiger partial charge on any atom is 0.129 e. The molecule has 2 atom stereocenters. The Morgan fingerprint density at radius 1 is 1.37 bits per heavy atom. The van der Waals surface area contributed by atoms with Crippen LogP contribution in [-0.2, 0) is 6.54 Å². The molecule has 1 aromatic rings. The summed E-state index contributed by atoms with van der Waals surface area (Å²) in [4.78, 5) is 7.32. The summed E-state index contributed by atoms with van der Waals surface area (Å²) in [5.74, 6) is 2.30. The van der Waals surface area contributed by atoms with E-state index in [0.717, 1.165) is 24.0 Å². The van der Waals surface area contributed by atoms with Gasteiger partial charge in [0.15, 0.2) is 0 Å². The van der Waals surface area contributed by atoms with Crippen molar-refractivity contribution < 1.29 is 0 Å². The van der Waals surface area contributed by atoms with Gasteiger partial charge in [0.25, 0.3) is 0 Å². The second-order valence-corrected chi connectivity index (χ2v) is 6.17. The Balaban J connectivity index is 2.34. The smallest absolute Gasteiger partial charge is 0.129 e. The minimum Gasteiger partial charge on any atom is -0.354 e. The monoisotopic (exact) mass is 261 g/mol. The van der Waals surface area contributed by atoms with Crippen LogP contribution < -0.4 is 10.6 Å². The zero-order valence-corrected chi connectivity index (χ0v) is 12.7. The van der Waals surface area contributed by atoms with Gasteiger partial charge in [-0.05, 0) is 49.3 Å². The Morgan fingerprint density at radius 3 is 2.74 bits per heavy atom. The average molecular weight is 261 g/mol. The Morgan fingerprint density at radius 2 is 2.11 bits per heavy atom. The Hall–Kier alpha value is -1.09. The minimum atomic E-state index is 0.447. The number of hydrogen-bond donors (Lipinski definition) is 1. The van der Waals surface area contributed by atoms with E-state index in [0.29, 0.717) is 18.5 Å². The van der Waals surface area contributed by atoms with E-state index in [1.807, 2.05) is 0 Å². The summed E-state index contributed by atoms with van der Waals surface area (Å²) >= 11 is 0. The zero-order chi connectivity index (χ0) is 14.0. The predicted octanol–water partition coefficient (Wildman–Crippen LogP) is 3.29. The molecule has 2 heterocycles. The number of hydrogen-bond acceptors (Lipinski definition) is 3. The van der Waals surface area contributed by atoms with E-state index in [-0.39, 0.29) is 0 Å². The van der Waals surface area contributed by atoms with Gasteiger partial charge in [-0.1, -0.05) is 20.8 Å². The number of nitrogens with zero attached hydrogens (tertiary/aromatic N) is 2. The molecule has 0 amide bonds. The van der Waals surface area contributed by atoms with Gasteiger partial charge < -0.3 is 10.6 Å². The predicted molar refractivity (Wildman–Crippen MR) is 81.4 cm³/mol. The van der Waals surface area contributed by atoms with Crippen molar-refractivity contribution >= 4 is 5.82 Å². The molecule has 0 radical (unpaired) electrons. The summed E-state index contributed by atoms with van der Waals surface area (Å²) in [6.45, 7) is 10.7. The Kier molecular flexibility index (Phi) is 4.46. The van der Waals surface area contributed by atoms with Crippen molar-refractivity contribution in [3.05, 3.63) is 23.4 Å². The average Bonchev–Trinajstić information content (AvgIpc) is 2.41. The van der Waals surface area contributed by atoms with Crippen molar-refractivity contribution in [2.45, 2.75) is 59.0 Å². The molecule has 1 aliphatic heterocycles. The maximum atomic E-state index is 5.83. The van der Waals surface area contributed by atoms with Crippen LogP contribution in [0.5, 0.6) is 0 Å². The molecule has 1 saturated heterocycles. The quantitative estimate of drug-likeness (QED) is 0.908. The molecule has 3 heteroatoms. The Bertz CT molecular complexity index is 428. The summed E-state index contributed by atoms with van der Waals surface area (Å²) < 4.78 is 0. The SMILES string of the molecule is CC(C)c1cc(CN)cc(N2CCCC(C)C2C)n1. The van der Waals surface area contributed by atoms with Gasteiger partial charge in [0.2, 0.25) is 0 Å². The van der Waals surface area contributed by atoms with Crippen molar-refractivity contribution in [3.63, 3.8) is 0 Å². The fraction of sp³-hybridized carbons (Fsp3) is 0.688. The standard InChI is InChI=1S/C16H27N3/c1-11(2)15-8-14(10-17)9-16(18-15)19-7-5-6-12(3)13(19)4/h8-9,11-13H,5-7,10,17H2,1-4H3. The van der Waals surface area contributed by atoms with E-state index in [4.69, 9.17) is 10.7 Å². The van der Waals surface area contributed by atoms with Crippen LogP contribution >= 0.6 is 0 Å². The van der Waals surface area contributed by atoms with Gasteiger partial charge in [-0.25, -0.2) is 4.98 Å². The third kappa shape index (κ3) is 3.08. The van der Waals surface area contributed by atoms with Crippen LogP contribution in [0.25, 0.3) is 0 Å². The number of pyridine rings is 1. The third-order valence-corrected chi connectivity index (χ3v) is 4.39. The molecular weight excluding hydrogens is 234 g/mol. The lowest BCUT2D eigenvalue weighted by Gasteiger charge is -2.39. The molecule has 1 aliphatic rings. The first kappa shape index (κ1) is 14.3. The summed E-state index contributed by atoms with van der Waals surface area (Å²) in [5, 5.41) is 0. The molecule has 2 rings (SSSR count). The highest BCUT2D eigenvalue weighted by Gasteiger charge is 2.26. The van der Waals surface area contributed by atoms with Crippen LogP contribution in [-0.4, -0.2) is 17.6 Å². The van der Waals surface area contributed by atoms with E-state index >= 15 is 0 Å². The molecule has 1 fully saturated rings. The molecule has 106 valence electrons. The second-order valence-electron chi connectivity index (χ2n) is 6.17. The van der Waals surface area contributed by atoms with Crippen molar-refractivity contribution in [1.29, 1.82) is 0 Å². The van der Waals surface area contributed by atoms with E-state index in [1.54, 1.807) is 0 Å².